The largest absolute Gasteiger partial charge is 0.337 e. The number of hydrogen-bond donors (Lipinski definition) is 0. The SMILES string of the molecule is Cc1cccc(-c2cc(C(=O)N(C)Cc3ccsc3)cc(-n3cnnn3)c2)c1. The third-order valence-corrected chi connectivity index (χ3v) is 5.21. The maximum atomic E-state index is 13.1. The molecule has 0 fully saturated rings. The van der Waals surface area contributed by atoms with Gasteiger partial charge in [-0.1, -0.05) is 29.8 Å². The predicted octanol–water partition coefficient (Wildman–Crippen LogP) is 3.97. The smallest absolute Gasteiger partial charge is 0.253 e. The van der Waals surface area contributed by atoms with Gasteiger partial charge in [-0.15, -0.1) is 5.10 Å². The molecule has 2 aromatic carbocycles. The first-order chi connectivity index (χ1) is 13.6. The number of carbonyl (C=O) groups is 1. The van der Waals surface area contributed by atoms with Gasteiger partial charge in [-0.2, -0.15) is 11.3 Å². The summed E-state index contributed by atoms with van der Waals surface area (Å²) in [7, 11) is 1.82. The molecule has 0 aliphatic carbocycles. The van der Waals surface area contributed by atoms with Crippen molar-refractivity contribution >= 4 is 17.2 Å². The van der Waals surface area contributed by atoms with Crippen LogP contribution in [0.4, 0.5) is 0 Å². The molecule has 4 rings (SSSR count). The van der Waals surface area contributed by atoms with Gasteiger partial charge in [0.2, 0.25) is 0 Å². The average Bonchev–Trinajstić information content (AvgIpc) is 3.41. The number of carbonyl (C=O) groups excluding carboxylic acids is 1. The molecule has 0 unspecified atom stereocenters. The lowest BCUT2D eigenvalue weighted by Crippen LogP contribution is -2.26. The minimum Gasteiger partial charge on any atom is -0.337 e. The van der Waals surface area contributed by atoms with Crippen LogP contribution in [0.3, 0.4) is 0 Å². The first kappa shape index (κ1) is 18.1. The van der Waals surface area contributed by atoms with Crippen molar-refractivity contribution < 1.29 is 4.79 Å². The number of rotatable bonds is 5. The van der Waals surface area contributed by atoms with Crippen LogP contribution in [0.5, 0.6) is 0 Å². The third-order valence-electron chi connectivity index (χ3n) is 4.48. The van der Waals surface area contributed by atoms with Crippen LogP contribution in [0.1, 0.15) is 21.5 Å². The van der Waals surface area contributed by atoms with Crippen LogP contribution in [-0.4, -0.2) is 38.1 Å². The molecule has 2 aromatic heterocycles. The van der Waals surface area contributed by atoms with Gasteiger partial charge < -0.3 is 4.90 Å². The lowest BCUT2D eigenvalue weighted by Gasteiger charge is -2.18. The zero-order valence-electron chi connectivity index (χ0n) is 15.6. The normalized spacial score (nSPS) is 10.8. The van der Waals surface area contributed by atoms with Gasteiger partial charge in [-0.25, -0.2) is 4.68 Å². The van der Waals surface area contributed by atoms with Crippen molar-refractivity contribution in [3.63, 3.8) is 0 Å². The molecule has 28 heavy (non-hydrogen) atoms. The zero-order valence-corrected chi connectivity index (χ0v) is 16.4. The van der Waals surface area contributed by atoms with E-state index < -0.39 is 0 Å². The van der Waals surface area contributed by atoms with Gasteiger partial charge in [-0.05, 0) is 69.1 Å². The van der Waals surface area contributed by atoms with Gasteiger partial charge in [0.15, 0.2) is 0 Å². The van der Waals surface area contributed by atoms with Gasteiger partial charge in [0.05, 0.1) is 5.69 Å². The molecule has 0 saturated carbocycles. The fraction of sp³-hybridized carbons (Fsp3) is 0.143. The molecule has 4 aromatic rings. The fourth-order valence-electron chi connectivity index (χ4n) is 3.09. The van der Waals surface area contributed by atoms with E-state index in [1.54, 1.807) is 20.9 Å². The number of thiophene rings is 1. The van der Waals surface area contributed by atoms with Crippen molar-refractivity contribution in [3.8, 4) is 16.8 Å². The van der Waals surface area contributed by atoms with Crippen LogP contribution >= 0.6 is 11.3 Å². The van der Waals surface area contributed by atoms with E-state index in [1.807, 2.05) is 48.8 Å². The molecule has 0 spiro atoms. The van der Waals surface area contributed by atoms with Crippen molar-refractivity contribution in [3.05, 3.63) is 82.3 Å². The number of aromatic nitrogens is 4. The number of benzene rings is 2. The molecule has 6 nitrogen and oxygen atoms in total. The summed E-state index contributed by atoms with van der Waals surface area (Å²) in [4.78, 5) is 14.8. The summed E-state index contributed by atoms with van der Waals surface area (Å²) in [6, 6.07) is 16.0. The van der Waals surface area contributed by atoms with E-state index in [1.165, 1.54) is 6.33 Å². The molecule has 2 heterocycles. The van der Waals surface area contributed by atoms with Crippen LogP contribution in [0.15, 0.2) is 65.6 Å². The van der Waals surface area contributed by atoms with E-state index in [2.05, 4.69) is 40.0 Å². The van der Waals surface area contributed by atoms with Gasteiger partial charge >= 0.3 is 0 Å². The first-order valence-electron chi connectivity index (χ1n) is 8.82. The maximum Gasteiger partial charge on any atom is 0.253 e. The van der Waals surface area contributed by atoms with Gasteiger partial charge in [0.1, 0.15) is 6.33 Å². The number of nitrogens with zero attached hydrogens (tertiary/aromatic N) is 5. The number of amides is 1. The van der Waals surface area contributed by atoms with Crippen LogP contribution < -0.4 is 0 Å². The summed E-state index contributed by atoms with van der Waals surface area (Å²) < 4.78 is 1.56. The molecule has 0 atom stereocenters. The monoisotopic (exact) mass is 389 g/mol. The Hall–Kier alpha value is -3.32. The zero-order chi connectivity index (χ0) is 19.5. The minimum atomic E-state index is -0.0463. The summed E-state index contributed by atoms with van der Waals surface area (Å²) in [6.07, 6.45) is 1.53. The highest BCUT2D eigenvalue weighted by Crippen LogP contribution is 2.26. The molecule has 0 N–H and O–H groups in total. The highest BCUT2D eigenvalue weighted by molar-refractivity contribution is 7.07. The summed E-state index contributed by atoms with van der Waals surface area (Å²) >= 11 is 1.63. The minimum absolute atomic E-state index is 0.0463. The van der Waals surface area contributed by atoms with E-state index in [0.29, 0.717) is 12.1 Å². The first-order valence-corrected chi connectivity index (χ1v) is 9.76. The molecule has 0 radical (unpaired) electrons. The van der Waals surface area contributed by atoms with Gasteiger partial charge in [-0.3, -0.25) is 4.79 Å². The van der Waals surface area contributed by atoms with Crippen LogP contribution in [-0.2, 0) is 6.54 Å². The lowest BCUT2D eigenvalue weighted by atomic mass is 10.00. The van der Waals surface area contributed by atoms with Crippen molar-refractivity contribution in [1.82, 2.24) is 25.1 Å². The molecule has 0 aliphatic heterocycles. The van der Waals surface area contributed by atoms with Crippen molar-refractivity contribution in [2.45, 2.75) is 13.5 Å². The van der Waals surface area contributed by atoms with Gasteiger partial charge in [0.25, 0.3) is 5.91 Å². The second kappa shape index (κ2) is 7.74. The Morgan fingerprint density at radius 1 is 1.14 bits per heavy atom. The average molecular weight is 389 g/mol. The van der Waals surface area contributed by atoms with Crippen molar-refractivity contribution in [1.29, 1.82) is 0 Å². The summed E-state index contributed by atoms with van der Waals surface area (Å²) in [5.41, 5.74) is 5.62. The van der Waals surface area contributed by atoms with Crippen LogP contribution in [0.25, 0.3) is 16.8 Å². The number of tetrazole rings is 1. The highest BCUT2D eigenvalue weighted by atomic mass is 32.1. The van der Waals surface area contributed by atoms with Gasteiger partial charge in [0, 0.05) is 19.2 Å². The molecular formula is C21H19N5OS. The maximum absolute atomic E-state index is 13.1. The Morgan fingerprint density at radius 2 is 2.04 bits per heavy atom. The standard InChI is InChI=1S/C21H19N5OS/c1-15-4-3-5-17(8-15)18-9-19(11-20(10-18)26-14-22-23-24-26)21(27)25(2)12-16-6-7-28-13-16/h3-11,13-14H,12H2,1-2H3. The summed E-state index contributed by atoms with van der Waals surface area (Å²) in [5, 5.41) is 15.5. The quantitative estimate of drug-likeness (QED) is 0.518. The Labute approximate surface area is 167 Å². The Kier molecular flexibility index (Phi) is 4.99. The van der Waals surface area contributed by atoms with Crippen molar-refractivity contribution in [2.75, 3.05) is 7.05 Å². The van der Waals surface area contributed by atoms with Crippen LogP contribution in [0, 0.1) is 6.92 Å². The molecule has 0 aliphatic rings. The molecule has 1 amide bonds. The van der Waals surface area contributed by atoms with E-state index in [4.69, 9.17) is 0 Å². The van der Waals surface area contributed by atoms with E-state index in [-0.39, 0.29) is 5.91 Å². The molecular weight excluding hydrogens is 370 g/mol. The van der Waals surface area contributed by atoms with Crippen molar-refractivity contribution in [2.24, 2.45) is 0 Å². The third kappa shape index (κ3) is 3.84. The fourth-order valence-corrected chi connectivity index (χ4v) is 3.75. The summed E-state index contributed by atoms with van der Waals surface area (Å²) in [5.74, 6) is -0.0463. The highest BCUT2D eigenvalue weighted by Gasteiger charge is 2.16. The predicted molar refractivity (Wildman–Crippen MR) is 109 cm³/mol. The topological polar surface area (TPSA) is 63.9 Å². The molecule has 7 heteroatoms. The second-order valence-corrected chi connectivity index (χ2v) is 7.47. The van der Waals surface area contributed by atoms with E-state index >= 15 is 0 Å². The molecule has 0 saturated heterocycles. The lowest BCUT2D eigenvalue weighted by molar-refractivity contribution is 0.0785. The Balaban J connectivity index is 1.74. The van der Waals surface area contributed by atoms with E-state index in [0.717, 1.165) is 27.9 Å². The molecule has 140 valence electrons. The number of hydrogen-bond acceptors (Lipinski definition) is 5. The number of aryl methyl sites for hydroxylation is 1. The van der Waals surface area contributed by atoms with Crippen LogP contribution in [0.2, 0.25) is 0 Å². The van der Waals surface area contributed by atoms with E-state index in [9.17, 15) is 4.79 Å². The second-order valence-electron chi connectivity index (χ2n) is 6.69. The molecule has 0 bridgehead atoms. The Bertz CT molecular complexity index is 1090. The summed E-state index contributed by atoms with van der Waals surface area (Å²) in [6.45, 7) is 2.62. The Morgan fingerprint density at radius 3 is 2.75 bits per heavy atom.